The molecular formula is C23H27N3O3S. The highest BCUT2D eigenvalue weighted by Crippen LogP contribution is 2.22. The summed E-state index contributed by atoms with van der Waals surface area (Å²) in [6, 6.07) is 14.6. The summed E-state index contributed by atoms with van der Waals surface area (Å²) in [5.41, 5.74) is 2.91. The van der Waals surface area contributed by atoms with E-state index in [-0.39, 0.29) is 22.3 Å². The minimum atomic E-state index is -0.284. The van der Waals surface area contributed by atoms with E-state index in [1.165, 1.54) is 0 Å². The second-order valence-corrected chi connectivity index (χ2v) is 8.63. The summed E-state index contributed by atoms with van der Waals surface area (Å²) < 4.78 is 5.29. The van der Waals surface area contributed by atoms with Crippen LogP contribution in [0.1, 0.15) is 47.1 Å². The van der Waals surface area contributed by atoms with Crippen LogP contribution in [-0.4, -0.2) is 48.1 Å². The van der Waals surface area contributed by atoms with E-state index in [1.54, 1.807) is 41.3 Å². The van der Waals surface area contributed by atoms with Crippen molar-refractivity contribution in [2.24, 2.45) is 0 Å². The van der Waals surface area contributed by atoms with Gasteiger partial charge in [0, 0.05) is 29.9 Å². The van der Waals surface area contributed by atoms with Gasteiger partial charge in [-0.2, -0.15) is 0 Å². The van der Waals surface area contributed by atoms with E-state index in [2.05, 4.69) is 31.4 Å². The van der Waals surface area contributed by atoms with Crippen molar-refractivity contribution in [3.63, 3.8) is 0 Å². The van der Waals surface area contributed by atoms with E-state index < -0.39 is 0 Å². The number of carbonyl (C=O) groups is 2. The van der Waals surface area contributed by atoms with Crippen molar-refractivity contribution in [2.75, 3.05) is 31.6 Å². The van der Waals surface area contributed by atoms with Crippen LogP contribution < -0.4 is 10.6 Å². The van der Waals surface area contributed by atoms with Gasteiger partial charge in [-0.1, -0.05) is 39.0 Å². The molecule has 0 aromatic heterocycles. The molecule has 6 nitrogen and oxygen atoms in total. The van der Waals surface area contributed by atoms with Crippen molar-refractivity contribution in [3.8, 4) is 0 Å². The minimum Gasteiger partial charge on any atom is -0.378 e. The first-order valence-corrected chi connectivity index (χ1v) is 10.3. The Hall–Kier alpha value is -2.77. The molecule has 1 aliphatic heterocycles. The molecule has 2 N–H and O–H groups in total. The van der Waals surface area contributed by atoms with Crippen LogP contribution in [0.3, 0.4) is 0 Å². The molecule has 1 aliphatic rings. The number of benzene rings is 2. The van der Waals surface area contributed by atoms with E-state index in [1.807, 2.05) is 12.1 Å². The lowest BCUT2D eigenvalue weighted by Gasteiger charge is -2.27. The van der Waals surface area contributed by atoms with Gasteiger partial charge in [-0.25, -0.2) is 0 Å². The minimum absolute atomic E-state index is 0.0233. The van der Waals surface area contributed by atoms with E-state index in [9.17, 15) is 9.59 Å². The summed E-state index contributed by atoms with van der Waals surface area (Å²) >= 11 is 5.28. The second kappa shape index (κ2) is 9.36. The number of amides is 2. The Morgan fingerprint density at radius 1 is 1.00 bits per heavy atom. The van der Waals surface area contributed by atoms with Gasteiger partial charge < -0.3 is 15.0 Å². The molecule has 3 rings (SSSR count). The van der Waals surface area contributed by atoms with Gasteiger partial charge in [0.15, 0.2) is 5.11 Å². The van der Waals surface area contributed by atoms with Crippen LogP contribution in [0.4, 0.5) is 5.69 Å². The largest absolute Gasteiger partial charge is 0.378 e. The quantitative estimate of drug-likeness (QED) is 0.736. The molecule has 2 aromatic rings. The van der Waals surface area contributed by atoms with E-state index in [0.717, 1.165) is 5.56 Å². The molecule has 0 radical (unpaired) electrons. The summed E-state index contributed by atoms with van der Waals surface area (Å²) in [7, 11) is 0. The third-order valence-electron chi connectivity index (χ3n) is 4.91. The number of anilines is 1. The number of carbonyl (C=O) groups excluding carboxylic acids is 2. The topological polar surface area (TPSA) is 70.7 Å². The zero-order valence-electron chi connectivity index (χ0n) is 17.5. The van der Waals surface area contributed by atoms with Gasteiger partial charge in [0.05, 0.1) is 13.2 Å². The van der Waals surface area contributed by atoms with Gasteiger partial charge in [0.25, 0.3) is 11.8 Å². The van der Waals surface area contributed by atoms with Gasteiger partial charge in [0.1, 0.15) is 0 Å². The maximum Gasteiger partial charge on any atom is 0.257 e. The lowest BCUT2D eigenvalue weighted by atomic mass is 9.87. The number of ether oxygens (including phenoxy) is 1. The maximum atomic E-state index is 12.6. The van der Waals surface area contributed by atoms with Gasteiger partial charge in [-0.05, 0) is 53.5 Å². The number of nitrogens with zero attached hydrogens (tertiary/aromatic N) is 1. The molecule has 1 fully saturated rings. The Morgan fingerprint density at radius 2 is 1.67 bits per heavy atom. The molecule has 7 heteroatoms. The van der Waals surface area contributed by atoms with Gasteiger partial charge in [0.2, 0.25) is 0 Å². The molecule has 0 unspecified atom stereocenters. The van der Waals surface area contributed by atoms with E-state index in [0.29, 0.717) is 43.1 Å². The van der Waals surface area contributed by atoms with Crippen LogP contribution in [-0.2, 0) is 10.2 Å². The van der Waals surface area contributed by atoms with E-state index >= 15 is 0 Å². The SMILES string of the molecule is CC(C)(C)c1ccc(C(=O)NC(=S)Nc2cccc(C(=O)N3CCOCC3)c2)cc1. The van der Waals surface area contributed by atoms with Crippen molar-refractivity contribution < 1.29 is 14.3 Å². The zero-order chi connectivity index (χ0) is 21.7. The molecule has 0 spiro atoms. The Labute approximate surface area is 182 Å². The molecule has 0 bridgehead atoms. The molecule has 0 atom stereocenters. The predicted molar refractivity (Wildman–Crippen MR) is 122 cm³/mol. The first kappa shape index (κ1) is 21.9. The van der Waals surface area contributed by atoms with Crippen molar-refractivity contribution in [1.82, 2.24) is 10.2 Å². The molecule has 1 saturated heterocycles. The average molecular weight is 426 g/mol. The zero-order valence-corrected chi connectivity index (χ0v) is 18.3. The smallest absolute Gasteiger partial charge is 0.257 e. The van der Waals surface area contributed by atoms with Crippen LogP contribution >= 0.6 is 12.2 Å². The first-order valence-electron chi connectivity index (χ1n) is 9.94. The molecule has 30 heavy (non-hydrogen) atoms. The Balaban J connectivity index is 1.60. The standard InChI is InChI=1S/C23H27N3O3S/c1-23(2,3)18-9-7-16(8-10-18)20(27)25-22(30)24-19-6-4-5-17(15-19)21(28)26-11-13-29-14-12-26/h4-10,15H,11-14H2,1-3H3,(H2,24,25,27,30). The number of rotatable bonds is 3. The van der Waals surface area contributed by atoms with Crippen molar-refractivity contribution in [2.45, 2.75) is 26.2 Å². The van der Waals surface area contributed by atoms with Crippen LogP contribution in [0.2, 0.25) is 0 Å². The monoisotopic (exact) mass is 425 g/mol. The molecule has 158 valence electrons. The number of thiocarbonyl (C=S) groups is 1. The maximum absolute atomic E-state index is 12.6. The van der Waals surface area contributed by atoms with Gasteiger partial charge in [-0.15, -0.1) is 0 Å². The van der Waals surface area contributed by atoms with Crippen molar-refractivity contribution in [3.05, 3.63) is 65.2 Å². The molecule has 0 saturated carbocycles. The number of hydrogen-bond acceptors (Lipinski definition) is 4. The summed E-state index contributed by atoms with van der Waals surface area (Å²) in [5, 5.41) is 5.84. The normalized spacial score (nSPS) is 14.2. The summed E-state index contributed by atoms with van der Waals surface area (Å²) in [6.45, 7) is 8.64. The van der Waals surface area contributed by atoms with Crippen LogP contribution in [0, 0.1) is 0 Å². The Bertz CT molecular complexity index is 929. The second-order valence-electron chi connectivity index (χ2n) is 8.22. The number of hydrogen-bond donors (Lipinski definition) is 2. The van der Waals surface area contributed by atoms with Gasteiger partial charge in [-0.3, -0.25) is 14.9 Å². The number of morpholine rings is 1. The third-order valence-corrected chi connectivity index (χ3v) is 5.11. The highest BCUT2D eigenvalue weighted by molar-refractivity contribution is 7.80. The summed E-state index contributed by atoms with van der Waals surface area (Å²) in [5.74, 6) is -0.329. The summed E-state index contributed by atoms with van der Waals surface area (Å²) in [4.78, 5) is 26.9. The molecule has 0 aliphatic carbocycles. The predicted octanol–water partition coefficient (Wildman–Crippen LogP) is 3.58. The fraction of sp³-hybridized carbons (Fsp3) is 0.348. The Morgan fingerprint density at radius 3 is 2.30 bits per heavy atom. The highest BCUT2D eigenvalue weighted by Gasteiger charge is 2.19. The average Bonchev–Trinajstić information content (AvgIpc) is 2.73. The Kier molecular flexibility index (Phi) is 6.84. The fourth-order valence-electron chi connectivity index (χ4n) is 3.14. The molecule has 2 amide bonds. The van der Waals surface area contributed by atoms with Crippen LogP contribution in [0.5, 0.6) is 0 Å². The van der Waals surface area contributed by atoms with Crippen LogP contribution in [0.25, 0.3) is 0 Å². The van der Waals surface area contributed by atoms with Crippen molar-refractivity contribution >= 4 is 34.8 Å². The highest BCUT2D eigenvalue weighted by atomic mass is 32.1. The van der Waals surface area contributed by atoms with Gasteiger partial charge >= 0.3 is 0 Å². The lowest BCUT2D eigenvalue weighted by Crippen LogP contribution is -2.40. The number of nitrogens with one attached hydrogen (secondary N) is 2. The fourth-order valence-corrected chi connectivity index (χ4v) is 3.35. The lowest BCUT2D eigenvalue weighted by molar-refractivity contribution is 0.0303. The first-order chi connectivity index (χ1) is 14.2. The summed E-state index contributed by atoms with van der Waals surface area (Å²) in [6.07, 6.45) is 0. The molecule has 1 heterocycles. The van der Waals surface area contributed by atoms with E-state index in [4.69, 9.17) is 17.0 Å². The molecular weight excluding hydrogens is 398 g/mol. The molecule has 2 aromatic carbocycles. The van der Waals surface area contributed by atoms with Crippen molar-refractivity contribution in [1.29, 1.82) is 0 Å². The third kappa shape index (κ3) is 5.64. The van der Waals surface area contributed by atoms with Crippen LogP contribution in [0.15, 0.2) is 48.5 Å².